The summed E-state index contributed by atoms with van der Waals surface area (Å²) in [5.41, 5.74) is 2.53. The Labute approximate surface area is 177 Å². The van der Waals surface area contributed by atoms with Gasteiger partial charge in [-0.05, 0) is 18.2 Å². The lowest BCUT2D eigenvalue weighted by Crippen LogP contribution is -2.47. The van der Waals surface area contributed by atoms with Crippen LogP contribution in [0.25, 0.3) is 5.57 Å². The molecular weight excluding hydrogens is 378 g/mol. The molecule has 4 rings (SSSR count). The van der Waals surface area contributed by atoms with Gasteiger partial charge in [0.25, 0.3) is 11.8 Å². The minimum atomic E-state index is -0.263. The molecule has 2 amide bonds. The molecule has 30 heavy (non-hydrogen) atoms. The van der Waals surface area contributed by atoms with E-state index < -0.39 is 0 Å². The molecule has 156 valence electrons. The fraction of sp³-hybridized carbons (Fsp3) is 0.333. The summed E-state index contributed by atoms with van der Waals surface area (Å²) in [5, 5.41) is 0. The lowest BCUT2D eigenvalue weighted by atomic mass is 10.0. The van der Waals surface area contributed by atoms with E-state index in [0.29, 0.717) is 22.6 Å². The molecule has 6 nitrogen and oxygen atoms in total. The number of imide groups is 1. The summed E-state index contributed by atoms with van der Waals surface area (Å²) in [6.45, 7) is 6.58. The van der Waals surface area contributed by atoms with E-state index in [1.807, 2.05) is 54.6 Å². The van der Waals surface area contributed by atoms with Crippen molar-refractivity contribution < 1.29 is 14.3 Å². The maximum Gasteiger partial charge on any atom is 0.278 e. The van der Waals surface area contributed by atoms with Gasteiger partial charge < -0.3 is 14.5 Å². The number of carbonyl (C=O) groups is 2. The summed E-state index contributed by atoms with van der Waals surface area (Å²) in [4.78, 5) is 32.8. The maximum absolute atomic E-state index is 13.5. The number of likely N-dealkylation sites (N-methyl/N-ethyl adjacent to an activating group) is 1. The lowest BCUT2D eigenvalue weighted by Gasteiger charge is -2.36. The SMILES string of the molecule is CCN1CCN(C2=C(c3ccccc3OC)C(=O)N(Cc3ccccc3)C2=O)CC1. The van der Waals surface area contributed by atoms with Crippen LogP contribution < -0.4 is 4.74 Å². The van der Waals surface area contributed by atoms with E-state index in [2.05, 4.69) is 16.7 Å². The number of benzene rings is 2. The molecule has 0 unspecified atom stereocenters. The number of hydrogen-bond donors (Lipinski definition) is 0. The summed E-state index contributed by atoms with van der Waals surface area (Å²) in [6, 6.07) is 17.0. The van der Waals surface area contributed by atoms with Crippen LogP contribution in [0.3, 0.4) is 0 Å². The highest BCUT2D eigenvalue weighted by Crippen LogP contribution is 2.37. The van der Waals surface area contributed by atoms with Gasteiger partial charge in [-0.25, -0.2) is 0 Å². The molecule has 0 N–H and O–H groups in total. The van der Waals surface area contributed by atoms with Crippen molar-refractivity contribution in [3.05, 3.63) is 71.4 Å². The Balaban J connectivity index is 1.74. The molecule has 2 aliphatic rings. The third kappa shape index (κ3) is 3.71. The van der Waals surface area contributed by atoms with Gasteiger partial charge in [0.2, 0.25) is 0 Å². The normalized spacial score (nSPS) is 17.8. The highest BCUT2D eigenvalue weighted by atomic mass is 16.5. The quantitative estimate of drug-likeness (QED) is 0.692. The summed E-state index contributed by atoms with van der Waals surface area (Å²) in [7, 11) is 1.59. The van der Waals surface area contributed by atoms with Gasteiger partial charge in [-0.2, -0.15) is 0 Å². The van der Waals surface area contributed by atoms with Crippen molar-refractivity contribution >= 4 is 17.4 Å². The number of methoxy groups -OCH3 is 1. The Kier molecular flexibility index (Phi) is 5.86. The highest BCUT2D eigenvalue weighted by molar-refractivity contribution is 6.35. The van der Waals surface area contributed by atoms with E-state index in [-0.39, 0.29) is 18.4 Å². The molecule has 1 saturated heterocycles. The highest BCUT2D eigenvalue weighted by Gasteiger charge is 2.42. The number of amides is 2. The molecular formula is C24H27N3O3. The third-order valence-electron chi connectivity index (χ3n) is 5.84. The Morgan fingerprint density at radius 1 is 0.867 bits per heavy atom. The molecule has 2 aromatic carbocycles. The summed E-state index contributed by atoms with van der Waals surface area (Å²) >= 11 is 0. The molecule has 0 radical (unpaired) electrons. The van der Waals surface area contributed by atoms with Gasteiger partial charge in [-0.1, -0.05) is 55.5 Å². The first-order valence-corrected chi connectivity index (χ1v) is 10.4. The van der Waals surface area contributed by atoms with Gasteiger partial charge in [-0.3, -0.25) is 14.5 Å². The molecule has 0 spiro atoms. The number of carbonyl (C=O) groups excluding carboxylic acids is 2. The largest absolute Gasteiger partial charge is 0.496 e. The van der Waals surface area contributed by atoms with Crippen molar-refractivity contribution in [2.45, 2.75) is 13.5 Å². The minimum Gasteiger partial charge on any atom is -0.496 e. The Hall–Kier alpha value is -3.12. The van der Waals surface area contributed by atoms with Crippen molar-refractivity contribution in [1.82, 2.24) is 14.7 Å². The van der Waals surface area contributed by atoms with Crippen molar-refractivity contribution in [1.29, 1.82) is 0 Å². The smallest absolute Gasteiger partial charge is 0.278 e. The number of rotatable bonds is 6. The number of ether oxygens (including phenoxy) is 1. The molecule has 0 aliphatic carbocycles. The van der Waals surface area contributed by atoms with Crippen molar-refractivity contribution in [2.24, 2.45) is 0 Å². The fourth-order valence-electron chi connectivity index (χ4n) is 4.15. The van der Waals surface area contributed by atoms with Crippen LogP contribution in [-0.4, -0.2) is 66.3 Å². The third-order valence-corrected chi connectivity index (χ3v) is 5.84. The number of para-hydroxylation sites is 1. The van der Waals surface area contributed by atoms with Crippen LogP contribution in [0.15, 0.2) is 60.3 Å². The average Bonchev–Trinajstić information content (AvgIpc) is 3.04. The van der Waals surface area contributed by atoms with Crippen molar-refractivity contribution in [3.8, 4) is 5.75 Å². The maximum atomic E-state index is 13.5. The van der Waals surface area contributed by atoms with Gasteiger partial charge in [0, 0.05) is 31.7 Å². The van der Waals surface area contributed by atoms with Gasteiger partial charge >= 0.3 is 0 Å². The monoisotopic (exact) mass is 405 g/mol. The predicted octanol–water partition coefficient (Wildman–Crippen LogP) is 2.61. The zero-order valence-electron chi connectivity index (χ0n) is 17.5. The molecule has 0 atom stereocenters. The van der Waals surface area contributed by atoms with Crippen LogP contribution in [0.1, 0.15) is 18.1 Å². The van der Waals surface area contributed by atoms with E-state index in [9.17, 15) is 9.59 Å². The first-order valence-electron chi connectivity index (χ1n) is 10.4. The van der Waals surface area contributed by atoms with Crippen LogP contribution in [0.5, 0.6) is 5.75 Å². The zero-order valence-corrected chi connectivity index (χ0v) is 17.5. The number of hydrogen-bond acceptors (Lipinski definition) is 5. The Morgan fingerprint density at radius 2 is 1.53 bits per heavy atom. The molecule has 0 bridgehead atoms. The van der Waals surface area contributed by atoms with Gasteiger partial charge in [-0.15, -0.1) is 0 Å². The first kappa shape index (κ1) is 20.2. The molecule has 0 aromatic heterocycles. The molecule has 6 heteroatoms. The van der Waals surface area contributed by atoms with E-state index in [1.54, 1.807) is 7.11 Å². The predicted molar refractivity (Wildman–Crippen MR) is 116 cm³/mol. The van der Waals surface area contributed by atoms with Gasteiger partial charge in [0.1, 0.15) is 11.4 Å². The molecule has 2 heterocycles. The van der Waals surface area contributed by atoms with Gasteiger partial charge in [0.15, 0.2) is 0 Å². The standard InChI is InChI=1S/C24H27N3O3/c1-3-25-13-15-26(16-14-25)22-21(19-11-7-8-12-20(19)30-2)23(28)27(24(22)29)17-18-9-5-4-6-10-18/h4-12H,3,13-17H2,1-2H3. The number of piperazine rings is 1. The van der Waals surface area contributed by atoms with E-state index in [0.717, 1.165) is 38.3 Å². The minimum absolute atomic E-state index is 0.227. The van der Waals surface area contributed by atoms with E-state index >= 15 is 0 Å². The van der Waals surface area contributed by atoms with Crippen molar-refractivity contribution in [2.75, 3.05) is 39.8 Å². The average molecular weight is 405 g/mol. The zero-order chi connectivity index (χ0) is 21.1. The second-order valence-electron chi connectivity index (χ2n) is 7.53. The summed E-state index contributed by atoms with van der Waals surface area (Å²) in [6.07, 6.45) is 0. The Morgan fingerprint density at radius 3 is 2.20 bits per heavy atom. The van der Waals surface area contributed by atoms with Crippen LogP contribution in [0.2, 0.25) is 0 Å². The van der Waals surface area contributed by atoms with E-state index in [4.69, 9.17) is 4.74 Å². The fourth-order valence-corrected chi connectivity index (χ4v) is 4.15. The molecule has 2 aromatic rings. The molecule has 1 fully saturated rings. The summed E-state index contributed by atoms with van der Waals surface area (Å²) < 4.78 is 5.52. The molecule has 2 aliphatic heterocycles. The van der Waals surface area contributed by atoms with Crippen LogP contribution in [-0.2, 0) is 16.1 Å². The van der Waals surface area contributed by atoms with Crippen LogP contribution >= 0.6 is 0 Å². The van der Waals surface area contributed by atoms with Crippen LogP contribution in [0, 0.1) is 0 Å². The van der Waals surface area contributed by atoms with E-state index in [1.165, 1.54) is 4.90 Å². The molecule has 0 saturated carbocycles. The first-order chi connectivity index (χ1) is 14.6. The second kappa shape index (κ2) is 8.71. The number of nitrogens with zero attached hydrogens (tertiary/aromatic N) is 3. The summed E-state index contributed by atoms with van der Waals surface area (Å²) in [5.74, 6) is 0.107. The van der Waals surface area contributed by atoms with Crippen molar-refractivity contribution in [3.63, 3.8) is 0 Å². The second-order valence-corrected chi connectivity index (χ2v) is 7.53. The lowest BCUT2D eigenvalue weighted by molar-refractivity contribution is -0.138. The Bertz CT molecular complexity index is 963. The topological polar surface area (TPSA) is 53.1 Å². The van der Waals surface area contributed by atoms with Gasteiger partial charge in [0.05, 0.1) is 19.2 Å². The van der Waals surface area contributed by atoms with Crippen LogP contribution in [0.4, 0.5) is 0 Å².